The third-order valence-electron chi connectivity index (χ3n) is 9.93. The molecule has 2 aromatic rings. The fourth-order valence-corrected chi connectivity index (χ4v) is 5.22. The monoisotopic (exact) mass is 796 g/mol. The summed E-state index contributed by atoms with van der Waals surface area (Å²) in [5, 5.41) is 7.99. The number of likely N-dealkylation sites (tertiary alicyclic amines) is 1. The second-order valence-corrected chi connectivity index (χ2v) is 16.2. The fraction of sp³-hybridized carbons (Fsp3) is 0.674. The highest BCUT2D eigenvalue weighted by Crippen LogP contribution is 2.18. The van der Waals surface area contributed by atoms with Crippen LogP contribution in [0.25, 0.3) is 0 Å². The van der Waals surface area contributed by atoms with Crippen molar-refractivity contribution in [3.63, 3.8) is 0 Å². The number of Topliss-reactive ketones (excluding diaryl/α,β-unsaturated/α-hetero) is 2. The highest BCUT2D eigenvalue weighted by molar-refractivity contribution is 5.96. The van der Waals surface area contributed by atoms with Crippen LogP contribution in [-0.4, -0.2) is 93.5 Å². The lowest BCUT2D eigenvalue weighted by Crippen LogP contribution is -2.51. The van der Waals surface area contributed by atoms with E-state index < -0.39 is 5.97 Å². The number of carboxylic acids is 1. The summed E-state index contributed by atoms with van der Waals surface area (Å²) >= 11 is 0. The van der Waals surface area contributed by atoms with Crippen LogP contribution >= 0.6 is 0 Å². The van der Waals surface area contributed by atoms with Gasteiger partial charge >= 0.3 is 5.97 Å². The van der Waals surface area contributed by atoms with Gasteiger partial charge in [0.25, 0.3) is 0 Å². The maximum absolute atomic E-state index is 12.3. The molecule has 4 rings (SSSR count). The Labute approximate surface area is 345 Å². The maximum Gasteiger partial charge on any atom is 0.305 e. The van der Waals surface area contributed by atoms with Crippen molar-refractivity contribution in [3.8, 4) is 0 Å². The van der Waals surface area contributed by atoms with Gasteiger partial charge in [0, 0.05) is 81.9 Å². The maximum atomic E-state index is 12.3. The second-order valence-electron chi connectivity index (χ2n) is 16.2. The summed E-state index contributed by atoms with van der Waals surface area (Å²) in [6.45, 7) is 28.5. The molecule has 3 heterocycles. The number of carbonyl (C=O) groups excluding carboxylic acids is 4. The number of hydrogen-bond donors (Lipinski definition) is 1. The van der Waals surface area contributed by atoms with Gasteiger partial charge < -0.3 is 19.8 Å². The SMILES string of the molecule is CC(=O)C(C)C.CC(C)C(=O)O.CC(C)C(C)C(=O)N1CCN(c2ncccn2)CC1.CCCC(=O)N1CCCCC1.CCCCC(=O)c1cccc(C(C)C)c1. The van der Waals surface area contributed by atoms with Crippen molar-refractivity contribution in [3.05, 3.63) is 53.9 Å². The molecule has 2 saturated heterocycles. The number of piperidine rings is 1. The first-order valence-electron chi connectivity index (χ1n) is 21.3. The van der Waals surface area contributed by atoms with Crippen molar-refractivity contribution >= 4 is 35.3 Å². The Morgan fingerprint density at radius 2 is 1.25 bits per heavy atom. The number of ketones is 2. The molecule has 2 fully saturated rings. The summed E-state index contributed by atoms with van der Waals surface area (Å²) in [6, 6.07) is 9.83. The Kier molecular flexibility index (Phi) is 27.8. The highest BCUT2D eigenvalue weighted by Gasteiger charge is 2.27. The minimum atomic E-state index is -0.741. The summed E-state index contributed by atoms with van der Waals surface area (Å²) < 4.78 is 0. The number of aliphatic carboxylic acids is 1. The molecule has 1 aromatic heterocycles. The van der Waals surface area contributed by atoms with Gasteiger partial charge in [-0.1, -0.05) is 101 Å². The van der Waals surface area contributed by atoms with Crippen LogP contribution in [0.3, 0.4) is 0 Å². The van der Waals surface area contributed by atoms with Gasteiger partial charge in [0.15, 0.2) is 5.78 Å². The summed E-state index contributed by atoms with van der Waals surface area (Å²) in [7, 11) is 0. The zero-order valence-corrected chi connectivity index (χ0v) is 37.6. The van der Waals surface area contributed by atoms with Gasteiger partial charge in [-0.3, -0.25) is 24.0 Å². The molecule has 0 bridgehead atoms. The lowest BCUT2D eigenvalue weighted by atomic mass is 9.96. The first-order chi connectivity index (χ1) is 26.9. The van der Waals surface area contributed by atoms with Gasteiger partial charge in [-0.2, -0.15) is 0 Å². The quantitative estimate of drug-likeness (QED) is 0.208. The summed E-state index contributed by atoms with van der Waals surface area (Å²) in [4.78, 5) is 69.8. The standard InChI is InChI=1S/C14H22N4O.C14H20O.C9H17NO.C5H10O.C4H8O2/c1-11(2)12(3)13(19)17-7-9-18(10-8-17)14-15-5-4-6-16-14;1-4-5-9-14(15)13-8-6-7-12(10-13)11(2)3;1-2-6-9(11)10-7-4-3-5-8-10;1-4(2)5(3)6;1-3(2)4(5)6/h4-6,11-12H,7-10H2,1-3H3;6-8,10-11H,4-5,9H2,1-3H3;2-8H2,1H3;4H,1-3H3;3H,1-2H3,(H,5,6). The van der Waals surface area contributed by atoms with Crippen molar-refractivity contribution in [1.29, 1.82) is 0 Å². The van der Waals surface area contributed by atoms with Crippen LogP contribution < -0.4 is 4.90 Å². The third-order valence-corrected chi connectivity index (χ3v) is 9.93. The highest BCUT2D eigenvalue weighted by atomic mass is 16.4. The smallest absolute Gasteiger partial charge is 0.305 e. The molecule has 11 nitrogen and oxygen atoms in total. The number of rotatable bonds is 12. The topological polar surface area (TPSA) is 141 Å². The van der Waals surface area contributed by atoms with Crippen molar-refractivity contribution in [2.45, 2.75) is 140 Å². The van der Waals surface area contributed by atoms with Crippen LogP contribution in [0, 0.1) is 23.7 Å². The van der Waals surface area contributed by atoms with Crippen molar-refractivity contribution < 1.29 is 29.1 Å². The number of benzene rings is 1. The van der Waals surface area contributed by atoms with Crippen LogP contribution in [0.4, 0.5) is 5.95 Å². The molecule has 0 spiro atoms. The first kappa shape index (κ1) is 52.9. The predicted octanol–water partition coefficient (Wildman–Crippen LogP) is 9.36. The molecule has 0 radical (unpaired) electrons. The number of amides is 2. The number of nitrogens with zero attached hydrogens (tertiary/aromatic N) is 5. The Bertz CT molecular complexity index is 1410. The average molecular weight is 796 g/mol. The van der Waals surface area contributed by atoms with Crippen LogP contribution in [-0.2, 0) is 19.2 Å². The number of aromatic nitrogens is 2. The van der Waals surface area contributed by atoms with Crippen LogP contribution in [0.1, 0.15) is 156 Å². The molecule has 11 heteroatoms. The Balaban J connectivity index is 0.000000738. The Morgan fingerprint density at radius 3 is 1.68 bits per heavy atom. The van der Waals surface area contributed by atoms with E-state index in [-0.39, 0.29) is 35.2 Å². The molecule has 1 atom stereocenters. The van der Waals surface area contributed by atoms with Crippen LogP contribution in [0.15, 0.2) is 42.7 Å². The van der Waals surface area contributed by atoms with Gasteiger partial charge in [0.1, 0.15) is 5.78 Å². The van der Waals surface area contributed by atoms with E-state index in [0.717, 1.165) is 76.5 Å². The summed E-state index contributed by atoms with van der Waals surface area (Å²) in [6.07, 6.45) is 11.7. The lowest BCUT2D eigenvalue weighted by Gasteiger charge is -2.36. The molecule has 322 valence electrons. The molecular weight excluding hydrogens is 719 g/mol. The van der Waals surface area contributed by atoms with Crippen molar-refractivity contribution in [2.75, 3.05) is 44.2 Å². The molecule has 0 aliphatic carbocycles. The fourth-order valence-electron chi connectivity index (χ4n) is 5.22. The Hall–Kier alpha value is -4.15. The van der Waals surface area contributed by atoms with E-state index in [1.54, 1.807) is 33.2 Å². The normalized spacial score (nSPS) is 14.2. The van der Waals surface area contributed by atoms with E-state index in [2.05, 4.69) is 62.5 Å². The number of anilines is 1. The molecule has 1 aromatic carbocycles. The molecule has 2 aliphatic rings. The van der Waals surface area contributed by atoms with Gasteiger partial charge in [-0.05, 0) is 68.6 Å². The molecule has 0 saturated carbocycles. The van der Waals surface area contributed by atoms with E-state index in [9.17, 15) is 24.0 Å². The zero-order chi connectivity index (χ0) is 43.5. The minimum absolute atomic E-state index is 0.0968. The van der Waals surface area contributed by atoms with Gasteiger partial charge in [-0.25, -0.2) is 9.97 Å². The van der Waals surface area contributed by atoms with Crippen LogP contribution in [0.2, 0.25) is 0 Å². The van der Waals surface area contributed by atoms with E-state index >= 15 is 0 Å². The molecule has 2 amide bonds. The molecule has 1 N–H and O–H groups in total. The molecule has 1 unspecified atom stereocenters. The Morgan fingerprint density at radius 1 is 0.702 bits per heavy atom. The number of carboxylic acid groups (broad SMARTS) is 1. The van der Waals surface area contributed by atoms with Crippen molar-refractivity contribution in [2.24, 2.45) is 23.7 Å². The van der Waals surface area contributed by atoms with Gasteiger partial charge in [-0.15, -0.1) is 0 Å². The van der Waals surface area contributed by atoms with E-state index in [1.165, 1.54) is 24.8 Å². The zero-order valence-electron chi connectivity index (χ0n) is 37.6. The summed E-state index contributed by atoms with van der Waals surface area (Å²) in [5.74, 6) is 2.13. The summed E-state index contributed by atoms with van der Waals surface area (Å²) in [5.41, 5.74) is 2.12. The third kappa shape index (κ3) is 23.0. The van der Waals surface area contributed by atoms with E-state index in [4.69, 9.17) is 5.11 Å². The second kappa shape index (κ2) is 30.0. The molecule has 2 aliphatic heterocycles. The van der Waals surface area contributed by atoms with E-state index in [0.29, 0.717) is 24.2 Å². The molecular formula is C46H77N5O6. The number of carbonyl (C=O) groups is 5. The van der Waals surface area contributed by atoms with Gasteiger partial charge in [0.05, 0.1) is 5.92 Å². The van der Waals surface area contributed by atoms with Crippen molar-refractivity contribution in [1.82, 2.24) is 19.8 Å². The number of unbranched alkanes of at least 4 members (excludes halogenated alkanes) is 1. The minimum Gasteiger partial charge on any atom is -0.481 e. The lowest BCUT2D eigenvalue weighted by molar-refractivity contribution is -0.140. The largest absolute Gasteiger partial charge is 0.481 e. The predicted molar refractivity (Wildman–Crippen MR) is 233 cm³/mol. The number of hydrogen-bond acceptors (Lipinski definition) is 8. The molecule has 57 heavy (non-hydrogen) atoms. The average Bonchev–Trinajstić information content (AvgIpc) is 3.21. The van der Waals surface area contributed by atoms with Gasteiger partial charge in [0.2, 0.25) is 17.8 Å². The van der Waals surface area contributed by atoms with Crippen LogP contribution in [0.5, 0.6) is 0 Å². The first-order valence-corrected chi connectivity index (χ1v) is 21.3. The van der Waals surface area contributed by atoms with E-state index in [1.807, 2.05) is 54.8 Å². The number of piperazine rings is 1.